The van der Waals surface area contributed by atoms with Crippen molar-refractivity contribution in [1.82, 2.24) is 4.31 Å². The Hall–Kier alpha value is -2.32. The number of amides is 1. The summed E-state index contributed by atoms with van der Waals surface area (Å²) >= 11 is 0. The van der Waals surface area contributed by atoms with Crippen LogP contribution in [0.4, 0.5) is 14.5 Å². The Balaban J connectivity index is 1.56. The number of carbonyl (C=O) groups is 1. The number of piperidine rings is 1. The highest BCUT2D eigenvalue weighted by atomic mass is 32.2. The molecule has 0 aromatic heterocycles. The highest BCUT2D eigenvalue weighted by Gasteiger charge is 2.30. The molecular formula is C21H22F2N2O3S. The summed E-state index contributed by atoms with van der Waals surface area (Å²) in [6.45, 7) is 3.34. The van der Waals surface area contributed by atoms with Gasteiger partial charge >= 0.3 is 0 Å². The van der Waals surface area contributed by atoms with E-state index in [4.69, 9.17) is 0 Å². The van der Waals surface area contributed by atoms with Crippen molar-refractivity contribution >= 4 is 21.6 Å². The molecule has 154 valence electrons. The molecule has 8 heteroatoms. The molecule has 5 nitrogen and oxygen atoms in total. The number of benzene rings is 2. The zero-order valence-corrected chi connectivity index (χ0v) is 16.9. The maximum atomic E-state index is 13.9. The third-order valence-electron chi connectivity index (χ3n) is 5.74. The minimum atomic E-state index is -3.60. The van der Waals surface area contributed by atoms with Crippen molar-refractivity contribution in [3.8, 4) is 0 Å². The van der Waals surface area contributed by atoms with Crippen LogP contribution in [0, 0.1) is 17.6 Å². The summed E-state index contributed by atoms with van der Waals surface area (Å²) in [4.78, 5) is 14.3. The predicted octanol–water partition coefficient (Wildman–Crippen LogP) is 3.59. The Labute approximate surface area is 169 Å². The Kier molecular flexibility index (Phi) is 5.16. The molecular weight excluding hydrogens is 398 g/mol. The minimum Gasteiger partial charge on any atom is -0.308 e. The average Bonchev–Trinajstić information content (AvgIpc) is 3.12. The van der Waals surface area contributed by atoms with Crippen LogP contribution < -0.4 is 4.90 Å². The second-order valence-corrected chi connectivity index (χ2v) is 9.64. The van der Waals surface area contributed by atoms with Gasteiger partial charge in [-0.25, -0.2) is 17.2 Å². The molecule has 4 rings (SSSR count). The van der Waals surface area contributed by atoms with Crippen LogP contribution in [0.5, 0.6) is 0 Å². The summed E-state index contributed by atoms with van der Waals surface area (Å²) in [5, 5.41) is 0. The molecule has 1 amide bonds. The molecule has 0 saturated carbocycles. The molecule has 2 aliphatic heterocycles. The Bertz CT molecular complexity index is 1050. The summed E-state index contributed by atoms with van der Waals surface area (Å²) in [6, 6.07) is 7.71. The zero-order chi connectivity index (χ0) is 20.8. The topological polar surface area (TPSA) is 57.7 Å². The van der Waals surface area contributed by atoms with Gasteiger partial charge in [0.05, 0.1) is 10.6 Å². The third kappa shape index (κ3) is 3.67. The molecule has 0 atom stereocenters. The first-order chi connectivity index (χ1) is 13.8. The van der Waals surface area contributed by atoms with Gasteiger partial charge in [0.2, 0.25) is 10.0 Å². The van der Waals surface area contributed by atoms with E-state index in [1.54, 1.807) is 0 Å². The van der Waals surface area contributed by atoms with E-state index in [1.165, 1.54) is 33.5 Å². The molecule has 1 fully saturated rings. The number of rotatable bonds is 3. The summed E-state index contributed by atoms with van der Waals surface area (Å²) in [5.41, 5.74) is 0.818. The summed E-state index contributed by atoms with van der Waals surface area (Å²) < 4.78 is 54.6. The quantitative estimate of drug-likeness (QED) is 0.763. The fraction of sp³-hybridized carbons (Fsp3) is 0.381. The molecule has 1 saturated heterocycles. The van der Waals surface area contributed by atoms with Crippen LogP contribution in [-0.4, -0.2) is 38.3 Å². The van der Waals surface area contributed by atoms with Crippen molar-refractivity contribution in [2.45, 2.75) is 31.1 Å². The summed E-state index contributed by atoms with van der Waals surface area (Å²) in [7, 11) is -3.60. The Morgan fingerprint density at radius 3 is 2.34 bits per heavy atom. The van der Waals surface area contributed by atoms with Crippen LogP contribution >= 0.6 is 0 Å². The lowest BCUT2D eigenvalue weighted by Crippen LogP contribution is -2.37. The fourth-order valence-corrected chi connectivity index (χ4v) is 5.40. The van der Waals surface area contributed by atoms with Gasteiger partial charge in [0.15, 0.2) is 0 Å². The molecule has 2 aliphatic rings. The van der Waals surface area contributed by atoms with Gasteiger partial charge in [-0.2, -0.15) is 4.31 Å². The van der Waals surface area contributed by atoms with Gasteiger partial charge in [0.1, 0.15) is 11.6 Å². The Morgan fingerprint density at radius 1 is 1.03 bits per heavy atom. The molecule has 2 aromatic rings. The largest absolute Gasteiger partial charge is 0.308 e. The van der Waals surface area contributed by atoms with Crippen molar-refractivity contribution in [2.75, 3.05) is 24.5 Å². The lowest BCUT2D eigenvalue weighted by molar-refractivity contribution is 0.0989. The maximum Gasteiger partial charge on any atom is 0.258 e. The number of hydrogen-bond donors (Lipinski definition) is 0. The summed E-state index contributed by atoms with van der Waals surface area (Å²) in [5.74, 6) is -1.30. The second kappa shape index (κ2) is 7.50. The van der Waals surface area contributed by atoms with Crippen molar-refractivity contribution in [2.24, 2.45) is 5.92 Å². The lowest BCUT2D eigenvalue weighted by atomic mass is 10.0. The predicted molar refractivity (Wildman–Crippen MR) is 105 cm³/mol. The van der Waals surface area contributed by atoms with E-state index < -0.39 is 27.6 Å². The van der Waals surface area contributed by atoms with E-state index in [-0.39, 0.29) is 22.7 Å². The van der Waals surface area contributed by atoms with Crippen LogP contribution in [-0.2, 0) is 16.4 Å². The monoisotopic (exact) mass is 420 g/mol. The Morgan fingerprint density at radius 2 is 1.69 bits per heavy atom. The van der Waals surface area contributed by atoms with Crippen LogP contribution in [0.15, 0.2) is 41.3 Å². The number of hydrogen-bond acceptors (Lipinski definition) is 3. The minimum absolute atomic E-state index is 0.141. The molecule has 0 bridgehead atoms. The van der Waals surface area contributed by atoms with Gasteiger partial charge in [-0.1, -0.05) is 6.92 Å². The van der Waals surface area contributed by atoms with E-state index >= 15 is 0 Å². The smallest absolute Gasteiger partial charge is 0.258 e. The van der Waals surface area contributed by atoms with Crippen LogP contribution in [0.1, 0.15) is 35.7 Å². The first-order valence-corrected chi connectivity index (χ1v) is 11.1. The van der Waals surface area contributed by atoms with Crippen LogP contribution in [0.25, 0.3) is 0 Å². The highest BCUT2D eigenvalue weighted by Crippen LogP contribution is 2.32. The van der Waals surface area contributed by atoms with Crippen LogP contribution in [0.2, 0.25) is 0 Å². The number of fused-ring (bicyclic) bond motifs is 1. The van der Waals surface area contributed by atoms with E-state index in [9.17, 15) is 22.0 Å². The molecule has 2 heterocycles. The van der Waals surface area contributed by atoms with Gasteiger partial charge in [0.25, 0.3) is 5.91 Å². The molecule has 2 aromatic carbocycles. The number of sulfonamides is 1. The van der Waals surface area contributed by atoms with E-state index in [2.05, 4.69) is 6.92 Å². The van der Waals surface area contributed by atoms with Crippen molar-refractivity contribution in [3.63, 3.8) is 0 Å². The van der Waals surface area contributed by atoms with E-state index in [1.807, 2.05) is 0 Å². The highest BCUT2D eigenvalue weighted by molar-refractivity contribution is 7.89. The van der Waals surface area contributed by atoms with Gasteiger partial charge < -0.3 is 4.90 Å². The number of carbonyl (C=O) groups excluding carboxylic acids is 1. The van der Waals surface area contributed by atoms with E-state index in [0.717, 1.165) is 25.0 Å². The SMILES string of the molecule is CC1CCN(S(=O)(=O)c2ccc(C(=O)N3CCc4c(F)cc(F)cc43)cc2)CC1. The summed E-state index contributed by atoms with van der Waals surface area (Å²) in [6.07, 6.45) is 1.97. The lowest BCUT2D eigenvalue weighted by Gasteiger charge is -2.29. The molecule has 0 spiro atoms. The molecule has 29 heavy (non-hydrogen) atoms. The van der Waals surface area contributed by atoms with Gasteiger partial charge in [-0.3, -0.25) is 4.79 Å². The van der Waals surface area contributed by atoms with Crippen molar-refractivity contribution in [3.05, 3.63) is 59.2 Å². The first-order valence-electron chi connectivity index (χ1n) is 9.67. The number of nitrogens with zero attached hydrogens (tertiary/aromatic N) is 2. The zero-order valence-electron chi connectivity index (χ0n) is 16.1. The number of halogens is 2. The molecule has 0 N–H and O–H groups in total. The van der Waals surface area contributed by atoms with Crippen molar-refractivity contribution in [1.29, 1.82) is 0 Å². The van der Waals surface area contributed by atoms with E-state index in [0.29, 0.717) is 31.0 Å². The first kappa shape index (κ1) is 20.0. The van der Waals surface area contributed by atoms with Crippen molar-refractivity contribution < 1.29 is 22.0 Å². The van der Waals surface area contributed by atoms with Crippen LogP contribution in [0.3, 0.4) is 0 Å². The third-order valence-corrected chi connectivity index (χ3v) is 7.65. The van der Waals surface area contributed by atoms with Gasteiger partial charge in [-0.15, -0.1) is 0 Å². The molecule has 0 aliphatic carbocycles. The molecule has 0 radical (unpaired) electrons. The standard InChI is InChI=1S/C21H22F2N2O3S/c1-14-6-9-24(10-7-14)29(27,28)17-4-2-15(3-5-17)21(26)25-11-8-18-19(23)12-16(22)13-20(18)25/h2-5,12-14H,6-11H2,1H3. The van der Waals surface area contributed by atoms with Gasteiger partial charge in [-0.05, 0) is 55.5 Å². The fourth-order valence-electron chi connectivity index (χ4n) is 3.93. The average molecular weight is 420 g/mol. The maximum absolute atomic E-state index is 13.9. The van der Waals surface area contributed by atoms with Gasteiger partial charge in [0, 0.05) is 36.8 Å². The number of anilines is 1. The molecule has 0 unspecified atom stereocenters. The normalized spacial score (nSPS) is 18.1. The second-order valence-electron chi connectivity index (χ2n) is 7.70.